The molecule has 2 rings (SSSR count). The molecular formula is C15H24N3OS+. The van der Waals surface area contributed by atoms with Gasteiger partial charge in [-0.2, -0.15) is 0 Å². The maximum Gasteiger partial charge on any atom is 0.173 e. The summed E-state index contributed by atoms with van der Waals surface area (Å²) in [5.41, 5.74) is 3.54. The van der Waals surface area contributed by atoms with Gasteiger partial charge in [-0.3, -0.25) is 0 Å². The molecule has 0 aromatic heterocycles. The van der Waals surface area contributed by atoms with Gasteiger partial charge in [-0.15, -0.1) is 0 Å². The fraction of sp³-hybridized carbons (Fsp3) is 0.533. The highest BCUT2D eigenvalue weighted by atomic mass is 32.1. The normalized spacial score (nSPS) is 16.2. The molecule has 1 aromatic rings. The van der Waals surface area contributed by atoms with E-state index in [0.717, 1.165) is 43.5 Å². The Kier molecular flexibility index (Phi) is 5.34. The van der Waals surface area contributed by atoms with Crippen LogP contribution in [0.15, 0.2) is 18.2 Å². The highest BCUT2D eigenvalue weighted by molar-refractivity contribution is 7.80. The molecule has 0 radical (unpaired) electrons. The first-order valence-corrected chi connectivity index (χ1v) is 7.58. The van der Waals surface area contributed by atoms with Crippen LogP contribution >= 0.6 is 12.2 Å². The van der Waals surface area contributed by atoms with Crippen LogP contribution < -0.4 is 10.2 Å². The lowest BCUT2D eigenvalue weighted by molar-refractivity contribution is -0.904. The number of thiocarbonyl (C=S) groups is 1. The van der Waals surface area contributed by atoms with Gasteiger partial charge in [0.25, 0.3) is 0 Å². The average molecular weight is 294 g/mol. The van der Waals surface area contributed by atoms with Crippen LogP contribution in [0.1, 0.15) is 11.1 Å². The standard InChI is InChI=1S/C15H23N3OS/c1-12-3-4-13(2)14(11-12)16-15(20)18-7-5-17(6-8-18)9-10-19/h3-4,11,19H,5-10H2,1-2H3,(H,16,20)/p+1. The third-order valence-electron chi connectivity index (χ3n) is 3.86. The van der Waals surface area contributed by atoms with E-state index in [1.807, 2.05) is 0 Å². The number of benzene rings is 1. The van der Waals surface area contributed by atoms with E-state index in [-0.39, 0.29) is 6.61 Å². The summed E-state index contributed by atoms with van der Waals surface area (Å²) in [5.74, 6) is 0. The summed E-state index contributed by atoms with van der Waals surface area (Å²) in [6.45, 7) is 9.26. The second-order valence-corrected chi connectivity index (χ2v) is 5.85. The van der Waals surface area contributed by atoms with Crippen molar-refractivity contribution in [3.05, 3.63) is 29.3 Å². The minimum Gasteiger partial charge on any atom is -0.391 e. The van der Waals surface area contributed by atoms with Crippen molar-refractivity contribution in [3.63, 3.8) is 0 Å². The molecular weight excluding hydrogens is 270 g/mol. The molecule has 110 valence electrons. The lowest BCUT2D eigenvalue weighted by Gasteiger charge is -2.33. The van der Waals surface area contributed by atoms with Gasteiger partial charge >= 0.3 is 0 Å². The summed E-state index contributed by atoms with van der Waals surface area (Å²) >= 11 is 5.52. The van der Waals surface area contributed by atoms with Crippen molar-refractivity contribution < 1.29 is 10.0 Å². The zero-order valence-corrected chi connectivity index (χ0v) is 13.1. The first-order valence-electron chi connectivity index (χ1n) is 7.18. The molecule has 0 unspecified atom stereocenters. The Balaban J connectivity index is 1.91. The van der Waals surface area contributed by atoms with Crippen LogP contribution in [0.4, 0.5) is 5.69 Å². The molecule has 1 aromatic carbocycles. The van der Waals surface area contributed by atoms with E-state index in [1.165, 1.54) is 16.0 Å². The van der Waals surface area contributed by atoms with Gasteiger partial charge in [0.1, 0.15) is 6.54 Å². The molecule has 0 spiro atoms. The summed E-state index contributed by atoms with van der Waals surface area (Å²) in [5, 5.41) is 13.1. The first-order chi connectivity index (χ1) is 9.60. The predicted molar refractivity (Wildman–Crippen MR) is 86.4 cm³/mol. The molecule has 3 N–H and O–H groups in total. The fourth-order valence-corrected chi connectivity index (χ4v) is 2.79. The second-order valence-electron chi connectivity index (χ2n) is 5.46. The van der Waals surface area contributed by atoms with Gasteiger partial charge in [0.05, 0.1) is 32.8 Å². The summed E-state index contributed by atoms with van der Waals surface area (Å²) in [6, 6.07) is 6.36. The zero-order chi connectivity index (χ0) is 14.5. The Morgan fingerprint density at radius 2 is 2.05 bits per heavy atom. The van der Waals surface area contributed by atoms with Crippen LogP contribution in [0.25, 0.3) is 0 Å². The van der Waals surface area contributed by atoms with Crippen LogP contribution in [0.5, 0.6) is 0 Å². The highest BCUT2D eigenvalue weighted by Crippen LogP contribution is 2.17. The lowest BCUT2D eigenvalue weighted by atomic mass is 10.1. The summed E-state index contributed by atoms with van der Waals surface area (Å²) in [4.78, 5) is 3.68. The van der Waals surface area contributed by atoms with E-state index in [9.17, 15) is 0 Å². The Morgan fingerprint density at radius 1 is 1.35 bits per heavy atom. The lowest BCUT2D eigenvalue weighted by Crippen LogP contribution is -3.15. The van der Waals surface area contributed by atoms with E-state index < -0.39 is 0 Å². The van der Waals surface area contributed by atoms with Gasteiger partial charge in [0.2, 0.25) is 0 Å². The fourth-order valence-electron chi connectivity index (χ4n) is 2.50. The molecule has 0 saturated carbocycles. The quantitative estimate of drug-likeness (QED) is 0.696. The molecule has 0 atom stereocenters. The number of rotatable bonds is 3. The van der Waals surface area contributed by atoms with E-state index in [0.29, 0.717) is 0 Å². The van der Waals surface area contributed by atoms with Gasteiger partial charge < -0.3 is 20.2 Å². The summed E-state index contributed by atoms with van der Waals surface area (Å²) in [6.07, 6.45) is 0. The molecule has 20 heavy (non-hydrogen) atoms. The van der Waals surface area contributed by atoms with Crippen molar-refractivity contribution in [1.82, 2.24) is 4.90 Å². The second kappa shape index (κ2) is 7.02. The van der Waals surface area contributed by atoms with Crippen molar-refractivity contribution >= 4 is 23.0 Å². The van der Waals surface area contributed by atoms with Crippen molar-refractivity contribution in [2.45, 2.75) is 13.8 Å². The van der Waals surface area contributed by atoms with Crippen LogP contribution in [-0.4, -0.2) is 54.4 Å². The molecule has 1 heterocycles. The van der Waals surface area contributed by atoms with Crippen LogP contribution in [0.2, 0.25) is 0 Å². The number of hydrogen-bond acceptors (Lipinski definition) is 2. The monoisotopic (exact) mass is 294 g/mol. The number of nitrogens with zero attached hydrogens (tertiary/aromatic N) is 1. The maximum atomic E-state index is 8.97. The largest absolute Gasteiger partial charge is 0.391 e. The summed E-state index contributed by atoms with van der Waals surface area (Å²) < 4.78 is 0. The minimum absolute atomic E-state index is 0.264. The number of nitrogens with one attached hydrogen (secondary N) is 2. The molecule has 1 aliphatic rings. The Bertz CT molecular complexity index is 470. The SMILES string of the molecule is Cc1ccc(C)c(NC(=S)N2CC[NH+](CCO)CC2)c1. The third-order valence-corrected chi connectivity index (χ3v) is 4.22. The van der Waals surface area contributed by atoms with Crippen molar-refractivity contribution in [1.29, 1.82) is 0 Å². The van der Waals surface area contributed by atoms with Gasteiger partial charge in [-0.1, -0.05) is 12.1 Å². The number of aryl methyl sites for hydroxylation is 2. The Labute approximate surface area is 126 Å². The number of hydrogen-bond donors (Lipinski definition) is 3. The van der Waals surface area contributed by atoms with E-state index >= 15 is 0 Å². The molecule has 1 aliphatic heterocycles. The van der Waals surface area contributed by atoms with Gasteiger partial charge in [0.15, 0.2) is 5.11 Å². The number of piperazine rings is 1. The van der Waals surface area contributed by atoms with Crippen molar-refractivity contribution in [3.8, 4) is 0 Å². The third kappa shape index (κ3) is 3.91. The van der Waals surface area contributed by atoms with E-state index in [4.69, 9.17) is 17.3 Å². The van der Waals surface area contributed by atoms with Crippen LogP contribution in [-0.2, 0) is 0 Å². The van der Waals surface area contributed by atoms with Crippen LogP contribution in [0, 0.1) is 13.8 Å². The zero-order valence-electron chi connectivity index (χ0n) is 12.3. The van der Waals surface area contributed by atoms with E-state index in [2.05, 4.69) is 42.3 Å². The van der Waals surface area contributed by atoms with Crippen molar-refractivity contribution in [2.24, 2.45) is 0 Å². The highest BCUT2D eigenvalue weighted by Gasteiger charge is 2.21. The minimum atomic E-state index is 0.264. The molecule has 1 fully saturated rings. The molecule has 0 amide bonds. The first kappa shape index (κ1) is 15.2. The molecule has 5 heteroatoms. The van der Waals surface area contributed by atoms with Crippen molar-refractivity contribution in [2.75, 3.05) is 44.6 Å². The maximum absolute atomic E-state index is 8.97. The van der Waals surface area contributed by atoms with Gasteiger partial charge in [0, 0.05) is 5.69 Å². The molecule has 1 saturated heterocycles. The Morgan fingerprint density at radius 3 is 2.70 bits per heavy atom. The number of aliphatic hydroxyl groups is 1. The predicted octanol–water partition coefficient (Wildman–Crippen LogP) is 0.193. The van der Waals surface area contributed by atoms with E-state index in [1.54, 1.807) is 0 Å². The number of anilines is 1. The number of quaternary nitrogens is 1. The smallest absolute Gasteiger partial charge is 0.173 e. The molecule has 0 aliphatic carbocycles. The van der Waals surface area contributed by atoms with Gasteiger partial charge in [-0.05, 0) is 43.3 Å². The topological polar surface area (TPSA) is 39.9 Å². The Hall–Kier alpha value is -1.17. The van der Waals surface area contributed by atoms with Crippen LogP contribution in [0.3, 0.4) is 0 Å². The molecule has 0 bridgehead atoms. The average Bonchev–Trinajstić information content (AvgIpc) is 2.44. The summed E-state index contributed by atoms with van der Waals surface area (Å²) in [7, 11) is 0. The number of aliphatic hydroxyl groups excluding tert-OH is 1. The van der Waals surface area contributed by atoms with Gasteiger partial charge in [-0.25, -0.2) is 0 Å². The molecule has 4 nitrogen and oxygen atoms in total.